The number of aryl methyl sites for hydroxylation is 2. The minimum absolute atomic E-state index is 0.0186. The van der Waals surface area contributed by atoms with Crippen LogP contribution in [0.5, 0.6) is 0 Å². The Hall–Kier alpha value is -1.82. The monoisotopic (exact) mass is 456 g/mol. The van der Waals surface area contributed by atoms with Crippen molar-refractivity contribution < 1.29 is 35.0 Å². The number of hydrogen-bond donors (Lipinski definition) is 1. The first-order valence-electron chi connectivity index (χ1n) is 9.36. The van der Waals surface area contributed by atoms with E-state index in [1.165, 1.54) is 24.3 Å². The van der Waals surface area contributed by atoms with Crippen LogP contribution < -0.4 is 0 Å². The van der Waals surface area contributed by atoms with Crippen molar-refractivity contribution in [2.45, 2.75) is 55.0 Å². The van der Waals surface area contributed by atoms with Crippen LogP contribution in [0.25, 0.3) is 0 Å². The average Bonchev–Trinajstić information content (AvgIpc) is 2.69. The van der Waals surface area contributed by atoms with E-state index >= 15 is 0 Å². The van der Waals surface area contributed by atoms with Gasteiger partial charge in [-0.3, -0.25) is 8.37 Å². The van der Waals surface area contributed by atoms with E-state index < -0.39 is 38.7 Å². The van der Waals surface area contributed by atoms with Crippen LogP contribution in [0.1, 0.15) is 24.0 Å². The van der Waals surface area contributed by atoms with E-state index in [9.17, 15) is 21.9 Å². The Balaban J connectivity index is 1.56. The van der Waals surface area contributed by atoms with Crippen molar-refractivity contribution in [3.05, 3.63) is 59.7 Å². The summed E-state index contributed by atoms with van der Waals surface area (Å²) in [6.45, 7) is 3.37. The van der Waals surface area contributed by atoms with Gasteiger partial charge in [-0.15, -0.1) is 0 Å². The molecule has 3 rings (SSSR count). The van der Waals surface area contributed by atoms with Gasteiger partial charge < -0.3 is 9.84 Å². The molecule has 2 aromatic carbocycles. The zero-order valence-corrected chi connectivity index (χ0v) is 18.2. The first-order valence-corrected chi connectivity index (χ1v) is 12.2. The fourth-order valence-electron chi connectivity index (χ4n) is 2.93. The van der Waals surface area contributed by atoms with Gasteiger partial charge in [-0.1, -0.05) is 35.4 Å². The molecule has 2 aromatic rings. The van der Waals surface area contributed by atoms with Crippen molar-refractivity contribution in [2.24, 2.45) is 0 Å². The fourth-order valence-corrected chi connectivity index (χ4v) is 4.96. The van der Waals surface area contributed by atoms with Crippen molar-refractivity contribution in [3.8, 4) is 0 Å². The molecule has 1 saturated heterocycles. The quantitative estimate of drug-likeness (QED) is 0.631. The molecule has 0 spiro atoms. The first-order chi connectivity index (χ1) is 14.1. The van der Waals surface area contributed by atoms with Gasteiger partial charge in [-0.25, -0.2) is 0 Å². The molecule has 0 aromatic heterocycles. The topological polar surface area (TPSA) is 116 Å². The van der Waals surface area contributed by atoms with Crippen molar-refractivity contribution in [1.82, 2.24) is 0 Å². The molecule has 1 heterocycles. The number of aliphatic hydroxyl groups is 1. The Labute approximate surface area is 176 Å². The number of hydrogen-bond acceptors (Lipinski definition) is 8. The number of rotatable bonds is 7. The van der Waals surface area contributed by atoms with E-state index in [1.54, 1.807) is 24.3 Å². The maximum absolute atomic E-state index is 12.4. The maximum atomic E-state index is 12.4. The second kappa shape index (κ2) is 9.13. The van der Waals surface area contributed by atoms with E-state index in [2.05, 4.69) is 0 Å². The summed E-state index contributed by atoms with van der Waals surface area (Å²) in [6, 6.07) is 12.3. The highest BCUT2D eigenvalue weighted by Gasteiger charge is 2.35. The lowest BCUT2D eigenvalue weighted by Gasteiger charge is -2.32. The lowest BCUT2D eigenvalue weighted by molar-refractivity contribution is -0.212. The molecule has 1 aliphatic heterocycles. The third kappa shape index (κ3) is 5.65. The number of benzene rings is 2. The molecule has 0 amide bonds. The summed E-state index contributed by atoms with van der Waals surface area (Å²) in [7, 11) is -8.03. The van der Waals surface area contributed by atoms with E-state index in [1.807, 2.05) is 13.8 Å². The molecule has 1 aliphatic rings. The van der Waals surface area contributed by atoms with Crippen molar-refractivity contribution >= 4 is 20.2 Å². The second-order valence-electron chi connectivity index (χ2n) is 7.18. The standard InChI is InChI=1S/C20H24O8S2/c1-14-3-8-17(9-4-14)29(22,23)26-13-16-7-12-19(20(21)27-16)28-30(24,25)18-10-5-15(2)6-11-18/h3-6,8-11,16,19-21H,7,12-13H2,1-2H3/t16-,19+,20-/m0/s1. The van der Waals surface area contributed by atoms with Gasteiger partial charge in [0.15, 0.2) is 6.29 Å². The Morgan fingerprint density at radius 3 is 1.87 bits per heavy atom. The molecule has 0 aliphatic carbocycles. The summed E-state index contributed by atoms with van der Waals surface area (Å²) < 4.78 is 64.8. The van der Waals surface area contributed by atoms with Crippen LogP contribution in [-0.2, 0) is 33.3 Å². The molecule has 3 atom stereocenters. The molecule has 8 nitrogen and oxygen atoms in total. The summed E-state index contributed by atoms with van der Waals surface area (Å²) in [5, 5.41) is 10.2. The van der Waals surface area contributed by atoms with Gasteiger partial charge >= 0.3 is 0 Å². The van der Waals surface area contributed by atoms with E-state index in [-0.39, 0.29) is 29.2 Å². The summed E-state index contributed by atoms with van der Waals surface area (Å²) >= 11 is 0. The van der Waals surface area contributed by atoms with Crippen molar-refractivity contribution in [2.75, 3.05) is 6.61 Å². The van der Waals surface area contributed by atoms with E-state index in [0.29, 0.717) is 0 Å². The predicted molar refractivity (Wildman–Crippen MR) is 108 cm³/mol. The third-order valence-electron chi connectivity index (χ3n) is 4.70. The predicted octanol–water partition coefficient (Wildman–Crippen LogP) is 2.28. The lowest BCUT2D eigenvalue weighted by Crippen LogP contribution is -2.43. The summed E-state index contributed by atoms with van der Waals surface area (Å²) in [6.07, 6.45) is -2.93. The van der Waals surface area contributed by atoms with Gasteiger partial charge in [-0.2, -0.15) is 16.8 Å². The normalized spacial score (nSPS) is 22.7. The SMILES string of the molecule is Cc1ccc(S(=O)(=O)OC[C@@H]2CC[C@@H](OS(=O)(=O)c3ccc(C)cc3)[C@@H](O)O2)cc1. The number of ether oxygens (including phenoxy) is 1. The first kappa shape index (κ1) is 22.9. The van der Waals surface area contributed by atoms with Gasteiger partial charge in [0.2, 0.25) is 0 Å². The summed E-state index contributed by atoms with van der Waals surface area (Å²) in [5.74, 6) is 0. The molecule has 1 fully saturated rings. The molecule has 10 heteroatoms. The van der Waals surface area contributed by atoms with Crippen LogP contribution in [0.15, 0.2) is 58.3 Å². The molecular formula is C20H24O8S2. The Morgan fingerprint density at radius 1 is 0.867 bits per heavy atom. The van der Waals surface area contributed by atoms with Crippen LogP contribution in [0.3, 0.4) is 0 Å². The lowest BCUT2D eigenvalue weighted by atomic mass is 10.1. The van der Waals surface area contributed by atoms with Crippen molar-refractivity contribution in [3.63, 3.8) is 0 Å². The highest BCUT2D eigenvalue weighted by molar-refractivity contribution is 7.87. The van der Waals surface area contributed by atoms with Gasteiger partial charge in [0.25, 0.3) is 20.2 Å². The van der Waals surface area contributed by atoms with Gasteiger partial charge in [0, 0.05) is 0 Å². The molecule has 0 unspecified atom stereocenters. The fraction of sp³-hybridized carbons (Fsp3) is 0.400. The zero-order valence-electron chi connectivity index (χ0n) is 16.6. The summed E-state index contributed by atoms with van der Waals surface area (Å²) in [5.41, 5.74) is 1.82. The van der Waals surface area contributed by atoms with Crippen molar-refractivity contribution in [1.29, 1.82) is 0 Å². The van der Waals surface area contributed by atoms with Gasteiger partial charge in [0.1, 0.15) is 6.10 Å². The minimum Gasteiger partial charge on any atom is -0.366 e. The van der Waals surface area contributed by atoms with E-state index in [4.69, 9.17) is 13.1 Å². The van der Waals surface area contributed by atoms with Crippen LogP contribution in [0.2, 0.25) is 0 Å². The summed E-state index contributed by atoms with van der Waals surface area (Å²) in [4.78, 5) is 0.00445. The third-order valence-corrected chi connectivity index (χ3v) is 7.35. The number of aliphatic hydroxyl groups excluding tert-OH is 1. The Bertz CT molecular complexity index is 1060. The molecule has 30 heavy (non-hydrogen) atoms. The molecule has 0 bridgehead atoms. The van der Waals surface area contributed by atoms with Crippen LogP contribution in [0, 0.1) is 13.8 Å². The Kier molecular flexibility index (Phi) is 6.95. The van der Waals surface area contributed by atoms with Gasteiger partial charge in [0.05, 0.1) is 22.5 Å². The molecule has 164 valence electrons. The molecule has 0 saturated carbocycles. The second-order valence-corrected chi connectivity index (χ2v) is 10.4. The largest absolute Gasteiger partial charge is 0.366 e. The highest BCUT2D eigenvalue weighted by Crippen LogP contribution is 2.26. The zero-order chi connectivity index (χ0) is 21.9. The van der Waals surface area contributed by atoms with Gasteiger partial charge in [-0.05, 0) is 51.0 Å². The van der Waals surface area contributed by atoms with Crippen LogP contribution in [0.4, 0.5) is 0 Å². The molecular weight excluding hydrogens is 432 g/mol. The van der Waals surface area contributed by atoms with E-state index in [0.717, 1.165) is 11.1 Å². The van der Waals surface area contributed by atoms with Crippen LogP contribution in [-0.4, -0.2) is 47.0 Å². The molecule has 0 radical (unpaired) electrons. The maximum Gasteiger partial charge on any atom is 0.297 e. The Morgan fingerprint density at radius 2 is 1.37 bits per heavy atom. The molecule has 1 N–H and O–H groups in total. The average molecular weight is 457 g/mol. The highest BCUT2D eigenvalue weighted by atomic mass is 32.2. The smallest absolute Gasteiger partial charge is 0.297 e. The van der Waals surface area contributed by atoms with Crippen LogP contribution >= 0.6 is 0 Å². The minimum atomic E-state index is -4.07.